The van der Waals surface area contributed by atoms with Gasteiger partial charge < -0.3 is 10.6 Å². The molecule has 1 atom stereocenters. The highest BCUT2D eigenvalue weighted by Gasteiger charge is 2.23. The van der Waals surface area contributed by atoms with Crippen LogP contribution in [-0.2, 0) is 4.79 Å². The molecule has 16 heavy (non-hydrogen) atoms. The maximum atomic E-state index is 11.5. The van der Waals surface area contributed by atoms with Gasteiger partial charge in [-0.05, 0) is 37.6 Å². The summed E-state index contributed by atoms with van der Waals surface area (Å²) in [6, 6.07) is 3.76. The van der Waals surface area contributed by atoms with Crippen LogP contribution >= 0.6 is 0 Å². The van der Waals surface area contributed by atoms with E-state index in [0.29, 0.717) is 0 Å². The van der Waals surface area contributed by atoms with Crippen molar-refractivity contribution in [3.05, 3.63) is 30.1 Å². The van der Waals surface area contributed by atoms with E-state index in [2.05, 4.69) is 9.88 Å². The normalized spacial score (nSPS) is 18.5. The summed E-state index contributed by atoms with van der Waals surface area (Å²) in [7, 11) is 0. The molecule has 1 saturated heterocycles. The van der Waals surface area contributed by atoms with Gasteiger partial charge in [-0.15, -0.1) is 0 Å². The predicted molar refractivity (Wildman–Crippen MR) is 61.8 cm³/mol. The molecule has 1 amide bonds. The third-order valence-corrected chi connectivity index (χ3v) is 3.07. The molecule has 0 radical (unpaired) electrons. The Labute approximate surface area is 95.5 Å². The second-order valence-electron chi connectivity index (χ2n) is 4.25. The molecule has 1 aliphatic rings. The molecule has 0 aliphatic carbocycles. The number of amides is 1. The van der Waals surface area contributed by atoms with Gasteiger partial charge >= 0.3 is 0 Å². The van der Waals surface area contributed by atoms with E-state index < -0.39 is 0 Å². The van der Waals surface area contributed by atoms with Gasteiger partial charge in [0, 0.05) is 18.9 Å². The number of primary amides is 1. The van der Waals surface area contributed by atoms with Crippen LogP contribution in [0.3, 0.4) is 0 Å². The van der Waals surface area contributed by atoms with E-state index in [1.54, 1.807) is 12.4 Å². The Balaban J connectivity index is 2.08. The van der Waals surface area contributed by atoms with Gasteiger partial charge in [-0.25, -0.2) is 0 Å². The van der Waals surface area contributed by atoms with Crippen molar-refractivity contribution in [1.29, 1.82) is 0 Å². The Hall–Kier alpha value is -1.42. The first-order valence-corrected chi connectivity index (χ1v) is 5.69. The summed E-state index contributed by atoms with van der Waals surface area (Å²) in [5.41, 5.74) is 6.37. The standard InChI is InChI=1S/C12H17N3O/c13-12(16)11(9-15-6-1-2-7-15)10-4-3-5-14-8-10/h3-5,8,11H,1-2,6-7,9H2,(H2,13,16). The summed E-state index contributed by atoms with van der Waals surface area (Å²) in [6.07, 6.45) is 5.87. The fourth-order valence-electron chi connectivity index (χ4n) is 2.17. The van der Waals surface area contributed by atoms with Crippen molar-refractivity contribution in [2.24, 2.45) is 5.73 Å². The summed E-state index contributed by atoms with van der Waals surface area (Å²) >= 11 is 0. The first kappa shape index (κ1) is 11.1. The molecule has 1 aromatic rings. The van der Waals surface area contributed by atoms with Crippen molar-refractivity contribution in [2.75, 3.05) is 19.6 Å². The van der Waals surface area contributed by atoms with E-state index in [1.165, 1.54) is 12.8 Å². The van der Waals surface area contributed by atoms with Crippen LogP contribution in [0.5, 0.6) is 0 Å². The Bertz CT molecular complexity index is 347. The maximum Gasteiger partial charge on any atom is 0.226 e. The van der Waals surface area contributed by atoms with Crippen molar-refractivity contribution in [2.45, 2.75) is 18.8 Å². The molecule has 1 aromatic heterocycles. The number of nitrogens with two attached hydrogens (primary N) is 1. The highest BCUT2D eigenvalue weighted by atomic mass is 16.1. The van der Waals surface area contributed by atoms with E-state index in [9.17, 15) is 4.79 Å². The van der Waals surface area contributed by atoms with Crippen molar-refractivity contribution in [1.82, 2.24) is 9.88 Å². The molecule has 86 valence electrons. The molecule has 0 spiro atoms. The smallest absolute Gasteiger partial charge is 0.226 e. The van der Waals surface area contributed by atoms with E-state index >= 15 is 0 Å². The number of aromatic nitrogens is 1. The largest absolute Gasteiger partial charge is 0.369 e. The molecule has 4 nitrogen and oxygen atoms in total. The third-order valence-electron chi connectivity index (χ3n) is 3.07. The lowest BCUT2D eigenvalue weighted by Gasteiger charge is -2.20. The molecule has 0 aromatic carbocycles. The highest BCUT2D eigenvalue weighted by molar-refractivity contribution is 5.82. The second kappa shape index (κ2) is 5.07. The van der Waals surface area contributed by atoms with Gasteiger partial charge in [0.05, 0.1) is 5.92 Å². The zero-order chi connectivity index (χ0) is 11.4. The average Bonchev–Trinajstić information content (AvgIpc) is 2.79. The van der Waals surface area contributed by atoms with Crippen LogP contribution in [0.2, 0.25) is 0 Å². The van der Waals surface area contributed by atoms with Gasteiger partial charge in [-0.1, -0.05) is 6.07 Å². The Morgan fingerprint density at radius 3 is 2.81 bits per heavy atom. The van der Waals surface area contributed by atoms with Crippen LogP contribution in [0.1, 0.15) is 24.3 Å². The number of rotatable bonds is 4. The van der Waals surface area contributed by atoms with Crippen LogP contribution < -0.4 is 5.73 Å². The lowest BCUT2D eigenvalue weighted by molar-refractivity contribution is -0.119. The molecule has 0 saturated carbocycles. The van der Waals surface area contributed by atoms with Gasteiger partial charge in [0.2, 0.25) is 5.91 Å². The lowest BCUT2D eigenvalue weighted by atomic mass is 10.00. The average molecular weight is 219 g/mol. The zero-order valence-corrected chi connectivity index (χ0v) is 9.30. The van der Waals surface area contributed by atoms with Crippen molar-refractivity contribution >= 4 is 5.91 Å². The lowest BCUT2D eigenvalue weighted by Crippen LogP contribution is -2.33. The summed E-state index contributed by atoms with van der Waals surface area (Å²) in [6.45, 7) is 2.87. The minimum absolute atomic E-state index is 0.230. The molecule has 1 unspecified atom stereocenters. The summed E-state index contributed by atoms with van der Waals surface area (Å²) < 4.78 is 0. The van der Waals surface area contributed by atoms with Gasteiger partial charge in [0.15, 0.2) is 0 Å². The van der Waals surface area contributed by atoms with Crippen molar-refractivity contribution < 1.29 is 4.79 Å². The summed E-state index contributed by atoms with van der Waals surface area (Å²) in [5, 5.41) is 0. The number of nitrogens with zero attached hydrogens (tertiary/aromatic N) is 2. The van der Waals surface area contributed by atoms with Gasteiger partial charge in [-0.3, -0.25) is 9.78 Å². The Morgan fingerprint density at radius 2 is 2.25 bits per heavy atom. The molecule has 2 N–H and O–H groups in total. The maximum absolute atomic E-state index is 11.5. The molecular formula is C12H17N3O. The zero-order valence-electron chi connectivity index (χ0n) is 9.30. The van der Waals surface area contributed by atoms with E-state index in [4.69, 9.17) is 5.73 Å². The van der Waals surface area contributed by atoms with Crippen molar-refractivity contribution in [3.8, 4) is 0 Å². The van der Waals surface area contributed by atoms with Gasteiger partial charge in [0.1, 0.15) is 0 Å². The fraction of sp³-hybridized carbons (Fsp3) is 0.500. The first-order chi connectivity index (χ1) is 7.77. The third kappa shape index (κ3) is 2.58. The van der Waals surface area contributed by atoms with Gasteiger partial charge in [-0.2, -0.15) is 0 Å². The molecule has 0 bridgehead atoms. The molecule has 2 rings (SSSR count). The van der Waals surface area contributed by atoms with Crippen LogP contribution in [-0.4, -0.2) is 35.4 Å². The fourth-order valence-corrected chi connectivity index (χ4v) is 2.17. The molecular weight excluding hydrogens is 202 g/mol. The summed E-state index contributed by atoms with van der Waals surface area (Å²) in [4.78, 5) is 17.8. The number of likely N-dealkylation sites (tertiary alicyclic amines) is 1. The number of carbonyl (C=O) groups excluding carboxylic acids is 1. The van der Waals surface area contributed by atoms with Crippen molar-refractivity contribution in [3.63, 3.8) is 0 Å². The monoisotopic (exact) mass is 219 g/mol. The Kier molecular flexibility index (Phi) is 3.51. The van der Waals surface area contributed by atoms with Gasteiger partial charge in [0.25, 0.3) is 0 Å². The van der Waals surface area contributed by atoms with E-state index in [0.717, 1.165) is 25.2 Å². The molecule has 4 heteroatoms. The van der Waals surface area contributed by atoms with Crippen LogP contribution in [0.4, 0.5) is 0 Å². The highest BCUT2D eigenvalue weighted by Crippen LogP contribution is 2.18. The van der Waals surface area contributed by atoms with Crippen LogP contribution in [0, 0.1) is 0 Å². The molecule has 1 aliphatic heterocycles. The minimum atomic E-state index is -0.264. The number of pyridine rings is 1. The van der Waals surface area contributed by atoms with E-state index in [-0.39, 0.29) is 11.8 Å². The number of hydrogen-bond acceptors (Lipinski definition) is 3. The van der Waals surface area contributed by atoms with E-state index in [1.807, 2.05) is 12.1 Å². The minimum Gasteiger partial charge on any atom is -0.369 e. The second-order valence-corrected chi connectivity index (χ2v) is 4.25. The quantitative estimate of drug-likeness (QED) is 0.812. The number of hydrogen-bond donors (Lipinski definition) is 1. The SMILES string of the molecule is NC(=O)C(CN1CCCC1)c1cccnc1. The Morgan fingerprint density at radius 1 is 1.50 bits per heavy atom. The topological polar surface area (TPSA) is 59.2 Å². The number of carbonyl (C=O) groups is 1. The molecule has 1 fully saturated rings. The van der Waals surface area contributed by atoms with Crippen LogP contribution in [0.25, 0.3) is 0 Å². The first-order valence-electron chi connectivity index (χ1n) is 5.69. The summed E-state index contributed by atoms with van der Waals surface area (Å²) in [5.74, 6) is -0.494. The molecule has 2 heterocycles. The van der Waals surface area contributed by atoms with Crippen LogP contribution in [0.15, 0.2) is 24.5 Å². The predicted octanol–water partition coefficient (Wildman–Crippen LogP) is 0.746.